The standard InChI is InChI=1S/C12H15F2N3O5S/c1-21-9-2-7-8(22-4-11(18)17-7)3-10(9)23(19,20)16-6-12(13,14)5-15/h2-3,16H,4-6,15H2,1H3,(H,17,18). The molecule has 0 atom stereocenters. The first kappa shape index (κ1) is 17.4. The Morgan fingerprint density at radius 3 is 2.78 bits per heavy atom. The second kappa shape index (κ2) is 6.26. The maximum absolute atomic E-state index is 13.1. The molecule has 0 bridgehead atoms. The van der Waals surface area contributed by atoms with Crippen LogP contribution in [0.1, 0.15) is 0 Å². The van der Waals surface area contributed by atoms with Gasteiger partial charge in [-0.05, 0) is 0 Å². The van der Waals surface area contributed by atoms with Crippen LogP contribution in [0.15, 0.2) is 17.0 Å². The van der Waals surface area contributed by atoms with Crippen LogP contribution in [0.3, 0.4) is 0 Å². The van der Waals surface area contributed by atoms with Gasteiger partial charge in [-0.3, -0.25) is 4.79 Å². The van der Waals surface area contributed by atoms with Crippen LogP contribution >= 0.6 is 0 Å². The molecule has 8 nitrogen and oxygen atoms in total. The number of anilines is 1. The van der Waals surface area contributed by atoms with Crippen LogP contribution in [-0.2, 0) is 14.8 Å². The molecule has 0 saturated carbocycles. The lowest BCUT2D eigenvalue weighted by Gasteiger charge is -2.21. The fourth-order valence-corrected chi connectivity index (χ4v) is 3.03. The van der Waals surface area contributed by atoms with E-state index in [4.69, 9.17) is 15.2 Å². The number of hydrogen-bond acceptors (Lipinski definition) is 6. The number of amides is 1. The zero-order chi connectivity index (χ0) is 17.3. The van der Waals surface area contributed by atoms with E-state index in [1.807, 2.05) is 0 Å². The van der Waals surface area contributed by atoms with E-state index in [9.17, 15) is 22.0 Å². The minimum absolute atomic E-state index is 0.0939. The first-order valence-corrected chi connectivity index (χ1v) is 7.89. The highest BCUT2D eigenvalue weighted by atomic mass is 32.2. The number of hydrogen-bond donors (Lipinski definition) is 3. The van der Waals surface area contributed by atoms with E-state index in [1.165, 1.54) is 13.2 Å². The Hall–Kier alpha value is -1.98. The molecule has 128 valence electrons. The van der Waals surface area contributed by atoms with Gasteiger partial charge in [0.05, 0.1) is 25.9 Å². The number of alkyl halides is 2. The van der Waals surface area contributed by atoms with Crippen molar-refractivity contribution >= 4 is 21.6 Å². The lowest BCUT2D eigenvalue weighted by atomic mass is 10.2. The molecule has 23 heavy (non-hydrogen) atoms. The van der Waals surface area contributed by atoms with Gasteiger partial charge in [0, 0.05) is 12.1 Å². The number of rotatable bonds is 6. The average molecular weight is 351 g/mol. The normalized spacial score (nSPS) is 14.7. The predicted molar refractivity (Wildman–Crippen MR) is 76.3 cm³/mol. The van der Waals surface area contributed by atoms with E-state index >= 15 is 0 Å². The van der Waals surface area contributed by atoms with Gasteiger partial charge in [-0.15, -0.1) is 0 Å². The Morgan fingerprint density at radius 1 is 1.48 bits per heavy atom. The van der Waals surface area contributed by atoms with Gasteiger partial charge in [-0.2, -0.15) is 0 Å². The number of halogens is 2. The number of nitrogens with two attached hydrogens (primary N) is 1. The summed E-state index contributed by atoms with van der Waals surface area (Å²) in [4.78, 5) is 10.9. The number of benzene rings is 1. The van der Waals surface area contributed by atoms with Crippen molar-refractivity contribution in [2.45, 2.75) is 10.8 Å². The fraction of sp³-hybridized carbons (Fsp3) is 0.417. The van der Waals surface area contributed by atoms with Crippen LogP contribution in [0, 0.1) is 0 Å². The SMILES string of the molecule is COc1cc2c(cc1S(=O)(=O)NCC(F)(F)CN)OCC(=O)N2. The van der Waals surface area contributed by atoms with Crippen molar-refractivity contribution in [1.82, 2.24) is 4.72 Å². The van der Waals surface area contributed by atoms with Crippen molar-refractivity contribution in [3.8, 4) is 11.5 Å². The Kier molecular flexibility index (Phi) is 4.73. The molecule has 1 amide bonds. The van der Waals surface area contributed by atoms with Crippen molar-refractivity contribution < 1.29 is 31.5 Å². The monoisotopic (exact) mass is 351 g/mol. The number of ether oxygens (including phenoxy) is 2. The highest BCUT2D eigenvalue weighted by molar-refractivity contribution is 7.89. The minimum Gasteiger partial charge on any atom is -0.495 e. The summed E-state index contributed by atoms with van der Waals surface area (Å²) < 4.78 is 62.6. The van der Waals surface area contributed by atoms with Gasteiger partial charge >= 0.3 is 0 Å². The summed E-state index contributed by atoms with van der Waals surface area (Å²) in [6.07, 6.45) is 0. The van der Waals surface area contributed by atoms with Crippen molar-refractivity contribution in [1.29, 1.82) is 0 Å². The summed E-state index contributed by atoms with van der Waals surface area (Å²) >= 11 is 0. The lowest BCUT2D eigenvalue weighted by Crippen LogP contribution is -2.41. The average Bonchev–Trinajstić information content (AvgIpc) is 2.51. The molecule has 11 heteroatoms. The van der Waals surface area contributed by atoms with Gasteiger partial charge in [0.1, 0.15) is 16.4 Å². The third kappa shape index (κ3) is 3.86. The largest absolute Gasteiger partial charge is 0.495 e. The molecule has 0 fully saturated rings. The maximum Gasteiger partial charge on any atom is 0.273 e. The molecule has 1 aliphatic heterocycles. The Balaban J connectivity index is 2.36. The Labute approximate surface area is 131 Å². The molecule has 0 radical (unpaired) electrons. The summed E-state index contributed by atoms with van der Waals surface area (Å²) in [6.45, 7) is -2.42. The van der Waals surface area contributed by atoms with Gasteiger partial charge < -0.3 is 20.5 Å². The second-order valence-corrected chi connectivity index (χ2v) is 6.46. The van der Waals surface area contributed by atoms with Crippen LogP contribution in [-0.4, -0.2) is 47.1 Å². The van der Waals surface area contributed by atoms with Crippen LogP contribution < -0.4 is 25.2 Å². The number of fused-ring (bicyclic) bond motifs is 1. The minimum atomic E-state index is -4.30. The molecule has 0 spiro atoms. The van der Waals surface area contributed by atoms with Crippen LogP contribution in [0.4, 0.5) is 14.5 Å². The molecule has 0 unspecified atom stereocenters. The molecule has 1 aliphatic rings. The molecule has 1 aromatic carbocycles. The molecule has 1 aromatic rings. The van der Waals surface area contributed by atoms with Crippen LogP contribution in [0.25, 0.3) is 0 Å². The summed E-state index contributed by atoms with van der Waals surface area (Å²) in [7, 11) is -3.09. The molecular formula is C12H15F2N3O5S. The molecular weight excluding hydrogens is 336 g/mol. The summed E-state index contributed by atoms with van der Waals surface area (Å²) in [5.74, 6) is -3.82. The third-order valence-electron chi connectivity index (χ3n) is 3.01. The van der Waals surface area contributed by atoms with Crippen molar-refractivity contribution in [3.05, 3.63) is 12.1 Å². The topological polar surface area (TPSA) is 120 Å². The fourth-order valence-electron chi connectivity index (χ4n) is 1.81. The molecule has 1 heterocycles. The van der Waals surface area contributed by atoms with Gasteiger partial charge in [-0.25, -0.2) is 21.9 Å². The second-order valence-electron chi connectivity index (χ2n) is 4.72. The van der Waals surface area contributed by atoms with E-state index < -0.39 is 34.9 Å². The summed E-state index contributed by atoms with van der Waals surface area (Å²) in [5.41, 5.74) is 5.09. The van der Waals surface area contributed by atoms with Gasteiger partial charge in [0.15, 0.2) is 6.61 Å². The number of carbonyl (C=O) groups is 1. The van der Waals surface area contributed by atoms with Gasteiger partial charge in [-0.1, -0.05) is 0 Å². The van der Waals surface area contributed by atoms with Crippen LogP contribution in [0.5, 0.6) is 11.5 Å². The highest BCUT2D eigenvalue weighted by Gasteiger charge is 2.31. The van der Waals surface area contributed by atoms with E-state index in [1.54, 1.807) is 4.72 Å². The van der Waals surface area contributed by atoms with Crippen molar-refractivity contribution in [3.63, 3.8) is 0 Å². The van der Waals surface area contributed by atoms with Gasteiger partial charge in [0.2, 0.25) is 10.0 Å². The van der Waals surface area contributed by atoms with E-state index in [0.29, 0.717) is 0 Å². The first-order chi connectivity index (χ1) is 10.7. The zero-order valence-corrected chi connectivity index (χ0v) is 12.9. The summed E-state index contributed by atoms with van der Waals surface area (Å²) in [5, 5.41) is 2.48. The summed E-state index contributed by atoms with van der Waals surface area (Å²) in [6, 6.07) is 2.33. The van der Waals surface area contributed by atoms with Crippen molar-refractivity contribution in [2.24, 2.45) is 5.73 Å². The molecule has 0 aliphatic carbocycles. The number of nitrogens with one attached hydrogen (secondary N) is 2. The highest BCUT2D eigenvalue weighted by Crippen LogP contribution is 2.37. The van der Waals surface area contributed by atoms with Crippen LogP contribution in [0.2, 0.25) is 0 Å². The quantitative estimate of drug-likeness (QED) is 0.658. The lowest BCUT2D eigenvalue weighted by molar-refractivity contribution is -0.118. The zero-order valence-electron chi connectivity index (χ0n) is 12.1. The predicted octanol–water partition coefficient (Wildman–Crippen LogP) is -0.102. The number of methoxy groups -OCH3 is 1. The number of carbonyl (C=O) groups excluding carboxylic acids is 1. The van der Waals surface area contributed by atoms with E-state index in [-0.39, 0.29) is 28.7 Å². The molecule has 0 aromatic heterocycles. The van der Waals surface area contributed by atoms with E-state index in [0.717, 1.165) is 6.07 Å². The third-order valence-corrected chi connectivity index (χ3v) is 4.43. The number of sulfonamides is 1. The van der Waals surface area contributed by atoms with Gasteiger partial charge in [0.25, 0.3) is 11.8 Å². The Bertz CT molecular complexity index is 724. The Morgan fingerprint density at radius 2 is 2.17 bits per heavy atom. The van der Waals surface area contributed by atoms with E-state index in [2.05, 4.69) is 5.32 Å². The molecule has 0 saturated heterocycles. The molecule has 2 rings (SSSR count). The molecule has 4 N–H and O–H groups in total. The first-order valence-electron chi connectivity index (χ1n) is 6.41. The van der Waals surface area contributed by atoms with Crippen molar-refractivity contribution in [2.75, 3.05) is 32.1 Å². The maximum atomic E-state index is 13.1. The smallest absolute Gasteiger partial charge is 0.273 e.